The van der Waals surface area contributed by atoms with Gasteiger partial charge < -0.3 is 10.6 Å². The second-order valence-corrected chi connectivity index (χ2v) is 5.81. The van der Waals surface area contributed by atoms with Crippen molar-refractivity contribution in [2.75, 3.05) is 5.32 Å². The summed E-state index contributed by atoms with van der Waals surface area (Å²) in [5.74, 6) is -0.158. The Kier molecular flexibility index (Phi) is 5.73. The number of hydrogen-bond acceptors (Lipinski definition) is 3. The fourth-order valence-corrected chi connectivity index (χ4v) is 2.15. The molecule has 2 amide bonds. The number of benzene rings is 1. The molecule has 0 saturated carbocycles. The molecule has 0 fully saturated rings. The molecule has 0 aliphatic heterocycles. The number of carbonyl (C=O) groups is 2. The summed E-state index contributed by atoms with van der Waals surface area (Å²) < 4.78 is 1.67. The summed E-state index contributed by atoms with van der Waals surface area (Å²) in [5, 5.41) is 10.2. The van der Waals surface area contributed by atoms with E-state index < -0.39 is 0 Å². The molecule has 2 aromatic rings. The molecule has 24 heavy (non-hydrogen) atoms. The van der Waals surface area contributed by atoms with Crippen molar-refractivity contribution >= 4 is 17.5 Å². The predicted octanol–water partition coefficient (Wildman–Crippen LogP) is 3.06. The van der Waals surface area contributed by atoms with Gasteiger partial charge in [-0.3, -0.25) is 9.59 Å². The van der Waals surface area contributed by atoms with Crippen molar-refractivity contribution in [2.24, 2.45) is 0 Å². The van der Waals surface area contributed by atoms with Gasteiger partial charge in [-0.05, 0) is 38.5 Å². The number of carbonyl (C=O) groups excluding carboxylic acids is 2. The smallest absolute Gasteiger partial charge is 0.251 e. The Morgan fingerprint density at radius 2 is 2.04 bits per heavy atom. The first-order valence-electron chi connectivity index (χ1n) is 8.22. The van der Waals surface area contributed by atoms with Gasteiger partial charge in [-0.15, -0.1) is 0 Å². The molecule has 1 aromatic carbocycles. The van der Waals surface area contributed by atoms with Crippen LogP contribution < -0.4 is 10.6 Å². The lowest BCUT2D eigenvalue weighted by atomic mass is 10.1. The van der Waals surface area contributed by atoms with Gasteiger partial charge in [-0.1, -0.05) is 19.9 Å². The summed E-state index contributed by atoms with van der Waals surface area (Å²) in [5.41, 5.74) is 2.76. The van der Waals surface area contributed by atoms with E-state index in [4.69, 9.17) is 0 Å². The molecule has 6 heteroatoms. The van der Waals surface area contributed by atoms with Crippen LogP contribution >= 0.6 is 0 Å². The van der Waals surface area contributed by atoms with Crippen LogP contribution in [0.15, 0.2) is 30.5 Å². The maximum absolute atomic E-state index is 12.3. The Hall–Kier alpha value is -2.63. The van der Waals surface area contributed by atoms with Crippen molar-refractivity contribution in [3.63, 3.8) is 0 Å². The van der Waals surface area contributed by atoms with Crippen LogP contribution in [-0.2, 0) is 4.79 Å². The molecule has 0 bridgehead atoms. The van der Waals surface area contributed by atoms with Crippen LogP contribution in [0.25, 0.3) is 5.69 Å². The molecule has 0 aliphatic carbocycles. The highest BCUT2D eigenvalue weighted by molar-refractivity contribution is 5.95. The van der Waals surface area contributed by atoms with E-state index in [0.717, 1.165) is 17.8 Å². The molecule has 0 spiro atoms. The standard InChI is InChI=1S/C18H24N4O2/c1-5-12(3)19-18(24)14-8-7-9-15(10-14)22-11-16(13(4)21-22)20-17(23)6-2/h7-12H,5-6H2,1-4H3,(H,19,24)(H,20,23). The number of nitrogens with one attached hydrogen (secondary N) is 2. The summed E-state index contributed by atoms with van der Waals surface area (Å²) in [6.45, 7) is 7.64. The molecule has 128 valence electrons. The number of rotatable bonds is 6. The van der Waals surface area contributed by atoms with Gasteiger partial charge in [0.15, 0.2) is 0 Å². The minimum atomic E-state index is -0.102. The van der Waals surface area contributed by atoms with Gasteiger partial charge in [0.1, 0.15) is 0 Å². The first kappa shape index (κ1) is 17.7. The Morgan fingerprint density at radius 3 is 2.71 bits per heavy atom. The molecule has 0 radical (unpaired) electrons. The number of hydrogen-bond donors (Lipinski definition) is 2. The molecule has 1 aromatic heterocycles. The molecule has 2 N–H and O–H groups in total. The van der Waals surface area contributed by atoms with E-state index in [2.05, 4.69) is 15.7 Å². The molecule has 1 heterocycles. The number of nitrogens with zero attached hydrogens (tertiary/aromatic N) is 2. The molecule has 2 rings (SSSR count). The van der Waals surface area contributed by atoms with Crippen molar-refractivity contribution in [2.45, 2.75) is 46.6 Å². The van der Waals surface area contributed by atoms with E-state index in [9.17, 15) is 9.59 Å². The minimum absolute atomic E-state index is 0.0562. The van der Waals surface area contributed by atoms with Crippen LogP contribution in [-0.4, -0.2) is 27.6 Å². The van der Waals surface area contributed by atoms with Crippen LogP contribution in [0.4, 0.5) is 5.69 Å². The van der Waals surface area contributed by atoms with Gasteiger partial charge >= 0.3 is 0 Å². The van der Waals surface area contributed by atoms with Crippen LogP contribution in [0.2, 0.25) is 0 Å². The van der Waals surface area contributed by atoms with Gasteiger partial charge in [0.25, 0.3) is 5.91 Å². The molecule has 6 nitrogen and oxygen atoms in total. The molecule has 1 atom stereocenters. The maximum Gasteiger partial charge on any atom is 0.251 e. The molecule has 1 unspecified atom stereocenters. The minimum Gasteiger partial charge on any atom is -0.350 e. The first-order valence-corrected chi connectivity index (χ1v) is 8.22. The number of aryl methyl sites for hydroxylation is 1. The predicted molar refractivity (Wildman–Crippen MR) is 94.4 cm³/mol. The molecule has 0 saturated heterocycles. The van der Waals surface area contributed by atoms with Crippen molar-refractivity contribution in [3.8, 4) is 5.69 Å². The average molecular weight is 328 g/mol. The van der Waals surface area contributed by atoms with E-state index >= 15 is 0 Å². The van der Waals surface area contributed by atoms with Crippen molar-refractivity contribution in [1.82, 2.24) is 15.1 Å². The first-order chi connectivity index (χ1) is 11.4. The van der Waals surface area contributed by atoms with Crippen molar-refractivity contribution < 1.29 is 9.59 Å². The van der Waals surface area contributed by atoms with E-state index in [1.807, 2.05) is 32.9 Å². The summed E-state index contributed by atoms with van der Waals surface area (Å²) in [4.78, 5) is 23.8. The summed E-state index contributed by atoms with van der Waals surface area (Å²) in [6.07, 6.45) is 3.05. The Balaban J connectivity index is 2.24. The Bertz CT molecular complexity index is 736. The lowest BCUT2D eigenvalue weighted by Gasteiger charge is -2.12. The second-order valence-electron chi connectivity index (χ2n) is 5.81. The van der Waals surface area contributed by atoms with Crippen molar-refractivity contribution in [1.29, 1.82) is 0 Å². The highest BCUT2D eigenvalue weighted by Gasteiger charge is 2.12. The lowest BCUT2D eigenvalue weighted by molar-refractivity contribution is -0.115. The van der Waals surface area contributed by atoms with Gasteiger partial charge in [0, 0.05) is 18.0 Å². The summed E-state index contributed by atoms with van der Waals surface area (Å²) in [7, 11) is 0. The summed E-state index contributed by atoms with van der Waals surface area (Å²) in [6, 6.07) is 7.39. The third-order valence-corrected chi connectivity index (χ3v) is 3.86. The SMILES string of the molecule is CCC(=O)Nc1cn(-c2cccc(C(=O)NC(C)CC)c2)nc1C. The monoisotopic (exact) mass is 328 g/mol. The molecular formula is C18H24N4O2. The fourth-order valence-electron chi connectivity index (χ4n) is 2.15. The highest BCUT2D eigenvalue weighted by Crippen LogP contribution is 2.18. The normalized spacial score (nSPS) is 11.8. The van der Waals surface area contributed by atoms with Crippen LogP contribution in [0, 0.1) is 6.92 Å². The number of amides is 2. The molecule has 0 aliphatic rings. The quantitative estimate of drug-likeness (QED) is 0.855. The van der Waals surface area contributed by atoms with Crippen LogP contribution in [0.5, 0.6) is 0 Å². The Labute approximate surface area is 142 Å². The van der Waals surface area contributed by atoms with E-state index in [1.54, 1.807) is 29.9 Å². The Morgan fingerprint density at radius 1 is 1.29 bits per heavy atom. The van der Waals surface area contributed by atoms with Crippen molar-refractivity contribution in [3.05, 3.63) is 41.7 Å². The van der Waals surface area contributed by atoms with Crippen LogP contribution in [0.3, 0.4) is 0 Å². The zero-order chi connectivity index (χ0) is 17.7. The number of aromatic nitrogens is 2. The van der Waals surface area contributed by atoms with Gasteiger partial charge in [-0.2, -0.15) is 5.10 Å². The zero-order valence-corrected chi connectivity index (χ0v) is 14.6. The van der Waals surface area contributed by atoms with Gasteiger partial charge in [0.05, 0.1) is 23.3 Å². The van der Waals surface area contributed by atoms with E-state index in [-0.39, 0.29) is 17.9 Å². The van der Waals surface area contributed by atoms with Crippen LogP contribution in [0.1, 0.15) is 49.7 Å². The summed E-state index contributed by atoms with van der Waals surface area (Å²) >= 11 is 0. The average Bonchev–Trinajstić information content (AvgIpc) is 2.95. The highest BCUT2D eigenvalue weighted by atomic mass is 16.2. The van der Waals surface area contributed by atoms with E-state index in [0.29, 0.717) is 17.7 Å². The van der Waals surface area contributed by atoms with Gasteiger partial charge in [-0.25, -0.2) is 4.68 Å². The third-order valence-electron chi connectivity index (χ3n) is 3.86. The third kappa shape index (κ3) is 4.22. The lowest BCUT2D eigenvalue weighted by Crippen LogP contribution is -2.31. The topological polar surface area (TPSA) is 76.0 Å². The second kappa shape index (κ2) is 7.77. The number of anilines is 1. The largest absolute Gasteiger partial charge is 0.350 e. The maximum atomic E-state index is 12.3. The fraction of sp³-hybridized carbons (Fsp3) is 0.389. The molecular weight excluding hydrogens is 304 g/mol. The van der Waals surface area contributed by atoms with Gasteiger partial charge in [0.2, 0.25) is 5.91 Å². The van der Waals surface area contributed by atoms with E-state index in [1.165, 1.54) is 0 Å². The zero-order valence-electron chi connectivity index (χ0n) is 14.6.